The highest BCUT2D eigenvalue weighted by atomic mass is 16.6. The van der Waals surface area contributed by atoms with Crippen LogP contribution in [0.15, 0.2) is 24.3 Å². The standard InChI is InChI=1S/C18H26O6/c1-4-5-6-7-8-9-14-10-16(21)18(24-13(3)20)17(22)15(14)11-23-12(2)19/h6-9,14-16,18,21H,4-5,10-11H2,1-3H3/b7-6+,9-8+/t14-,15+,16-,18-/m1/s1. The molecule has 1 aliphatic carbocycles. The lowest BCUT2D eigenvalue weighted by Gasteiger charge is -2.35. The second-order valence-corrected chi connectivity index (χ2v) is 5.91. The van der Waals surface area contributed by atoms with E-state index in [1.165, 1.54) is 13.8 Å². The monoisotopic (exact) mass is 338 g/mol. The van der Waals surface area contributed by atoms with Gasteiger partial charge in [0.25, 0.3) is 0 Å². The summed E-state index contributed by atoms with van der Waals surface area (Å²) in [7, 11) is 0. The molecule has 0 aromatic carbocycles. The summed E-state index contributed by atoms with van der Waals surface area (Å²) in [5.74, 6) is -2.46. The van der Waals surface area contributed by atoms with Gasteiger partial charge in [0, 0.05) is 13.8 Å². The van der Waals surface area contributed by atoms with Crippen LogP contribution in [0.1, 0.15) is 40.0 Å². The van der Waals surface area contributed by atoms with Crippen LogP contribution in [0.2, 0.25) is 0 Å². The topological polar surface area (TPSA) is 89.9 Å². The van der Waals surface area contributed by atoms with Crippen molar-refractivity contribution in [2.45, 2.75) is 52.2 Å². The van der Waals surface area contributed by atoms with Crippen molar-refractivity contribution in [2.75, 3.05) is 6.61 Å². The highest BCUT2D eigenvalue weighted by Gasteiger charge is 2.44. The van der Waals surface area contributed by atoms with Crippen molar-refractivity contribution in [3.63, 3.8) is 0 Å². The van der Waals surface area contributed by atoms with Crippen molar-refractivity contribution < 1.29 is 29.0 Å². The molecule has 0 spiro atoms. The van der Waals surface area contributed by atoms with E-state index in [4.69, 9.17) is 9.47 Å². The number of aliphatic hydroxyl groups excluding tert-OH is 1. The minimum absolute atomic E-state index is 0.0909. The van der Waals surface area contributed by atoms with Crippen molar-refractivity contribution in [1.29, 1.82) is 0 Å². The number of hydrogen-bond acceptors (Lipinski definition) is 6. The molecule has 0 aliphatic heterocycles. The van der Waals surface area contributed by atoms with E-state index in [0.717, 1.165) is 12.8 Å². The lowest BCUT2D eigenvalue weighted by molar-refractivity contribution is -0.169. The van der Waals surface area contributed by atoms with Crippen LogP contribution in [-0.2, 0) is 23.9 Å². The molecule has 0 heterocycles. The smallest absolute Gasteiger partial charge is 0.303 e. The Morgan fingerprint density at radius 2 is 1.96 bits per heavy atom. The number of ketones is 1. The number of esters is 2. The highest BCUT2D eigenvalue weighted by Crippen LogP contribution is 2.31. The molecule has 0 aromatic heterocycles. The summed E-state index contributed by atoms with van der Waals surface area (Å²) in [5, 5.41) is 10.1. The normalized spacial score (nSPS) is 27.6. The highest BCUT2D eigenvalue weighted by molar-refractivity contribution is 5.89. The Balaban J connectivity index is 2.88. The van der Waals surface area contributed by atoms with Gasteiger partial charge in [0.05, 0.1) is 12.0 Å². The van der Waals surface area contributed by atoms with Gasteiger partial charge in [-0.05, 0) is 18.8 Å². The zero-order valence-corrected chi connectivity index (χ0v) is 14.4. The number of aliphatic hydroxyl groups is 1. The van der Waals surface area contributed by atoms with Crippen LogP contribution in [0.4, 0.5) is 0 Å². The van der Waals surface area contributed by atoms with Crippen LogP contribution in [0.3, 0.4) is 0 Å². The molecule has 6 nitrogen and oxygen atoms in total. The second-order valence-electron chi connectivity index (χ2n) is 5.91. The first-order chi connectivity index (χ1) is 11.4. The summed E-state index contributed by atoms with van der Waals surface area (Å²) in [4.78, 5) is 34.7. The summed E-state index contributed by atoms with van der Waals surface area (Å²) in [6.07, 6.45) is 7.55. The first-order valence-corrected chi connectivity index (χ1v) is 8.22. The molecular weight excluding hydrogens is 312 g/mol. The van der Waals surface area contributed by atoms with Gasteiger partial charge < -0.3 is 14.6 Å². The number of carbonyl (C=O) groups excluding carboxylic acids is 3. The third-order valence-electron chi connectivity index (χ3n) is 3.85. The maximum atomic E-state index is 12.5. The zero-order chi connectivity index (χ0) is 18.1. The van der Waals surface area contributed by atoms with Gasteiger partial charge in [-0.15, -0.1) is 0 Å². The molecule has 0 aromatic rings. The molecule has 1 fully saturated rings. The molecule has 0 radical (unpaired) electrons. The van der Waals surface area contributed by atoms with Gasteiger partial charge in [-0.2, -0.15) is 0 Å². The molecule has 134 valence electrons. The summed E-state index contributed by atoms with van der Waals surface area (Å²) < 4.78 is 9.92. The maximum Gasteiger partial charge on any atom is 0.303 e. The molecule has 6 heteroatoms. The Kier molecular flexibility index (Phi) is 8.40. The van der Waals surface area contributed by atoms with Crippen molar-refractivity contribution >= 4 is 17.7 Å². The molecule has 0 unspecified atom stereocenters. The fourth-order valence-corrected chi connectivity index (χ4v) is 2.67. The molecule has 24 heavy (non-hydrogen) atoms. The fraction of sp³-hybridized carbons (Fsp3) is 0.611. The molecule has 0 saturated heterocycles. The molecule has 1 rings (SSSR count). The Morgan fingerprint density at radius 3 is 2.54 bits per heavy atom. The lowest BCUT2D eigenvalue weighted by Crippen LogP contribution is -2.50. The van der Waals surface area contributed by atoms with Crippen LogP contribution in [0.25, 0.3) is 0 Å². The lowest BCUT2D eigenvalue weighted by atomic mass is 9.75. The number of rotatable bonds is 7. The van der Waals surface area contributed by atoms with Crippen molar-refractivity contribution in [1.82, 2.24) is 0 Å². The van der Waals surface area contributed by atoms with Crippen LogP contribution in [0, 0.1) is 11.8 Å². The third-order valence-corrected chi connectivity index (χ3v) is 3.85. The van der Waals surface area contributed by atoms with E-state index in [1.807, 2.05) is 24.3 Å². The van der Waals surface area contributed by atoms with Gasteiger partial charge in [0.1, 0.15) is 6.61 Å². The van der Waals surface area contributed by atoms with Gasteiger partial charge in [-0.25, -0.2) is 0 Å². The molecule has 1 aliphatic rings. The number of Topliss-reactive ketones (excluding diaryl/α,β-unsaturated/α-hetero) is 1. The number of unbranched alkanes of at least 4 members (excludes halogenated alkanes) is 1. The van der Waals surface area contributed by atoms with E-state index in [2.05, 4.69) is 6.92 Å². The van der Waals surface area contributed by atoms with Crippen LogP contribution < -0.4 is 0 Å². The molecular formula is C18H26O6. The second kappa shape index (κ2) is 10.0. The minimum Gasteiger partial charge on any atom is -0.465 e. The van der Waals surface area contributed by atoms with Gasteiger partial charge in [0.15, 0.2) is 11.9 Å². The first-order valence-electron chi connectivity index (χ1n) is 8.22. The van der Waals surface area contributed by atoms with E-state index in [9.17, 15) is 19.5 Å². The number of allylic oxidation sites excluding steroid dienone is 4. The number of carbonyl (C=O) groups is 3. The van der Waals surface area contributed by atoms with E-state index in [-0.39, 0.29) is 18.9 Å². The Morgan fingerprint density at radius 1 is 1.25 bits per heavy atom. The van der Waals surface area contributed by atoms with Gasteiger partial charge in [-0.1, -0.05) is 37.6 Å². The first kappa shape index (κ1) is 20.1. The van der Waals surface area contributed by atoms with E-state index in [1.54, 1.807) is 0 Å². The van der Waals surface area contributed by atoms with Crippen molar-refractivity contribution in [3.8, 4) is 0 Å². The van der Waals surface area contributed by atoms with Crippen LogP contribution >= 0.6 is 0 Å². The third kappa shape index (κ3) is 6.28. The number of ether oxygens (including phenoxy) is 2. The minimum atomic E-state index is -1.21. The van der Waals surface area contributed by atoms with Crippen molar-refractivity contribution in [3.05, 3.63) is 24.3 Å². The average molecular weight is 338 g/mol. The molecule has 4 atom stereocenters. The SMILES string of the molecule is CCC/C=C/C=C/[C@@H]1C[C@@H](O)[C@@H](OC(C)=O)C(=O)[C@H]1COC(C)=O. The quantitative estimate of drug-likeness (QED) is 0.564. The van der Waals surface area contributed by atoms with Crippen LogP contribution in [0.5, 0.6) is 0 Å². The number of hydrogen-bond donors (Lipinski definition) is 1. The van der Waals surface area contributed by atoms with Gasteiger partial charge in [-0.3, -0.25) is 14.4 Å². The summed E-state index contributed by atoms with van der Waals surface area (Å²) in [6, 6.07) is 0. The predicted molar refractivity (Wildman–Crippen MR) is 88.0 cm³/mol. The van der Waals surface area contributed by atoms with Gasteiger partial charge in [0.2, 0.25) is 0 Å². The van der Waals surface area contributed by atoms with Gasteiger partial charge >= 0.3 is 11.9 Å². The molecule has 0 amide bonds. The fourth-order valence-electron chi connectivity index (χ4n) is 2.67. The summed E-state index contributed by atoms with van der Waals surface area (Å²) >= 11 is 0. The summed E-state index contributed by atoms with van der Waals surface area (Å²) in [6.45, 7) is 4.44. The zero-order valence-electron chi connectivity index (χ0n) is 14.4. The Labute approximate surface area is 142 Å². The predicted octanol–water partition coefficient (Wildman–Crippen LogP) is 1.96. The van der Waals surface area contributed by atoms with Crippen LogP contribution in [-0.4, -0.2) is 41.6 Å². The molecule has 1 N–H and O–H groups in total. The van der Waals surface area contributed by atoms with E-state index in [0.29, 0.717) is 0 Å². The Bertz CT molecular complexity index is 508. The van der Waals surface area contributed by atoms with Crippen molar-refractivity contribution in [2.24, 2.45) is 11.8 Å². The molecule has 1 saturated carbocycles. The molecule has 0 bridgehead atoms. The Hall–Kier alpha value is -1.95. The maximum absolute atomic E-state index is 12.5. The average Bonchev–Trinajstić information content (AvgIpc) is 2.50. The van der Waals surface area contributed by atoms with E-state index < -0.39 is 35.8 Å². The van der Waals surface area contributed by atoms with E-state index >= 15 is 0 Å². The summed E-state index contributed by atoms with van der Waals surface area (Å²) in [5.41, 5.74) is 0. The largest absolute Gasteiger partial charge is 0.465 e.